The second kappa shape index (κ2) is 16.4. The zero-order valence-electron chi connectivity index (χ0n) is 28.5. The fraction of sp³-hybridized carbons (Fsp3) is 0.297. The van der Waals surface area contributed by atoms with E-state index in [0.29, 0.717) is 56.8 Å². The molecule has 0 unspecified atom stereocenters. The molecule has 50 heavy (non-hydrogen) atoms. The summed E-state index contributed by atoms with van der Waals surface area (Å²) in [5.74, 6) is 0.634. The Morgan fingerprint density at radius 2 is 1.76 bits per heavy atom. The Kier molecular flexibility index (Phi) is 12.0. The molecule has 0 bridgehead atoms. The number of fused-ring (bicyclic) bond motifs is 1. The maximum Gasteiger partial charge on any atom is 0.343 e. The predicted octanol–water partition coefficient (Wildman–Crippen LogP) is 5.25. The molecule has 0 amide bonds. The van der Waals surface area contributed by atoms with Crippen molar-refractivity contribution in [2.24, 2.45) is 4.99 Å². The first kappa shape index (κ1) is 36.6. The summed E-state index contributed by atoms with van der Waals surface area (Å²) in [6.45, 7) is 7.78. The molecule has 0 saturated carbocycles. The molecule has 1 atom stereocenters. The first-order valence-electron chi connectivity index (χ1n) is 15.8. The number of halogens is 1. The molecule has 0 saturated heterocycles. The van der Waals surface area contributed by atoms with Crippen molar-refractivity contribution in [1.82, 2.24) is 4.57 Å². The molecule has 1 aromatic heterocycles. The van der Waals surface area contributed by atoms with Gasteiger partial charge in [-0.2, -0.15) is 0 Å². The molecule has 3 aromatic carbocycles. The van der Waals surface area contributed by atoms with Crippen molar-refractivity contribution in [2.45, 2.75) is 40.3 Å². The number of benzene rings is 3. The molecule has 2 heterocycles. The summed E-state index contributed by atoms with van der Waals surface area (Å²) in [4.78, 5) is 44.5. The van der Waals surface area contributed by atoms with E-state index in [1.54, 1.807) is 45.2 Å². The summed E-state index contributed by atoms with van der Waals surface area (Å²) >= 11 is 3.41. The number of hydrogen-bond acceptors (Lipinski definition) is 11. The lowest BCUT2D eigenvalue weighted by atomic mass is 9.95. The summed E-state index contributed by atoms with van der Waals surface area (Å²) in [5, 5.41) is 0. The van der Waals surface area contributed by atoms with Gasteiger partial charge >= 0.3 is 11.9 Å². The van der Waals surface area contributed by atoms with Crippen LogP contribution in [0.5, 0.6) is 23.0 Å². The van der Waals surface area contributed by atoms with Gasteiger partial charge in [0.15, 0.2) is 34.4 Å². The van der Waals surface area contributed by atoms with Crippen LogP contribution in [-0.4, -0.2) is 50.5 Å². The lowest BCUT2D eigenvalue weighted by molar-refractivity contribution is -0.143. The third kappa shape index (κ3) is 8.05. The largest absolute Gasteiger partial charge is 0.493 e. The number of ether oxygens (including phenoxy) is 6. The summed E-state index contributed by atoms with van der Waals surface area (Å²) in [7, 11) is 2.85. The standard InChI is InChI=1S/C37H37IN2O9S/c1-7-46-28-18-25(12-13-27(28)48-20-31(41)45-6)33-32(36(43)47-8-2)22(4)39-37-40(33)35(42)30(50-37)17-24-15-26(38)34(29(16-24)44-5)49-19-23-11-9-10-21(3)14-23/h9-18,33H,7-8,19-20H2,1-6H3/b30-17-/t33-/m0/s1. The third-order valence-corrected chi connectivity index (χ3v) is 9.47. The Morgan fingerprint density at radius 1 is 0.960 bits per heavy atom. The van der Waals surface area contributed by atoms with Gasteiger partial charge in [-0.1, -0.05) is 47.2 Å². The third-order valence-electron chi connectivity index (χ3n) is 7.69. The van der Waals surface area contributed by atoms with E-state index >= 15 is 0 Å². The average molecular weight is 813 g/mol. The van der Waals surface area contributed by atoms with Gasteiger partial charge in [0.2, 0.25) is 0 Å². The molecule has 0 aliphatic carbocycles. The highest BCUT2D eigenvalue weighted by molar-refractivity contribution is 14.1. The smallest absolute Gasteiger partial charge is 0.343 e. The topological polar surface area (TPSA) is 124 Å². The number of nitrogens with zero attached hydrogens (tertiary/aromatic N) is 2. The molecular weight excluding hydrogens is 775 g/mol. The predicted molar refractivity (Wildman–Crippen MR) is 197 cm³/mol. The number of aromatic nitrogens is 1. The second-order valence-electron chi connectivity index (χ2n) is 11.1. The molecule has 0 N–H and O–H groups in total. The Morgan fingerprint density at radius 3 is 2.46 bits per heavy atom. The number of allylic oxidation sites excluding steroid dienone is 1. The zero-order chi connectivity index (χ0) is 35.9. The second-order valence-corrected chi connectivity index (χ2v) is 13.3. The van der Waals surface area contributed by atoms with Gasteiger partial charge in [-0.05, 0) is 97.3 Å². The van der Waals surface area contributed by atoms with Crippen LogP contribution in [0.1, 0.15) is 49.1 Å². The van der Waals surface area contributed by atoms with Crippen LogP contribution in [0.2, 0.25) is 0 Å². The van der Waals surface area contributed by atoms with Crippen LogP contribution in [0, 0.1) is 10.5 Å². The van der Waals surface area contributed by atoms with Crippen LogP contribution in [0.15, 0.2) is 75.7 Å². The summed E-state index contributed by atoms with van der Waals surface area (Å²) < 4.78 is 36.2. The van der Waals surface area contributed by atoms with Crippen molar-refractivity contribution in [1.29, 1.82) is 0 Å². The van der Waals surface area contributed by atoms with Crippen LogP contribution in [0.3, 0.4) is 0 Å². The Labute approximate surface area is 306 Å². The minimum Gasteiger partial charge on any atom is -0.493 e. The van der Waals surface area contributed by atoms with Gasteiger partial charge in [0.1, 0.15) is 6.61 Å². The quantitative estimate of drug-likeness (QED) is 0.132. The number of carbonyl (C=O) groups is 2. The van der Waals surface area contributed by atoms with Crippen LogP contribution >= 0.6 is 33.9 Å². The number of carbonyl (C=O) groups excluding carboxylic acids is 2. The first-order valence-corrected chi connectivity index (χ1v) is 17.7. The molecule has 0 spiro atoms. The Bertz CT molecular complexity index is 2140. The van der Waals surface area contributed by atoms with E-state index in [4.69, 9.17) is 28.4 Å². The molecule has 0 radical (unpaired) electrons. The normalized spacial score (nSPS) is 14.1. The van der Waals surface area contributed by atoms with E-state index in [0.717, 1.165) is 20.3 Å². The molecule has 4 aromatic rings. The van der Waals surface area contributed by atoms with Gasteiger partial charge in [-0.25, -0.2) is 14.6 Å². The van der Waals surface area contributed by atoms with Crippen molar-refractivity contribution >= 4 is 51.9 Å². The van der Waals surface area contributed by atoms with Gasteiger partial charge in [-0.3, -0.25) is 9.36 Å². The lowest BCUT2D eigenvalue weighted by Gasteiger charge is -2.25. The fourth-order valence-electron chi connectivity index (χ4n) is 5.46. The van der Waals surface area contributed by atoms with E-state index in [1.165, 1.54) is 23.0 Å². The van der Waals surface area contributed by atoms with Gasteiger partial charge in [-0.15, -0.1) is 0 Å². The highest BCUT2D eigenvalue weighted by Crippen LogP contribution is 2.37. The van der Waals surface area contributed by atoms with E-state index in [-0.39, 0.29) is 24.3 Å². The monoisotopic (exact) mass is 812 g/mol. The van der Waals surface area contributed by atoms with Gasteiger partial charge in [0.05, 0.1) is 52.8 Å². The molecule has 262 valence electrons. The lowest BCUT2D eigenvalue weighted by Crippen LogP contribution is -2.40. The van der Waals surface area contributed by atoms with Crippen LogP contribution in [0.25, 0.3) is 6.08 Å². The number of methoxy groups -OCH3 is 2. The number of rotatable bonds is 13. The van der Waals surface area contributed by atoms with Crippen LogP contribution in [-0.2, 0) is 25.7 Å². The van der Waals surface area contributed by atoms with Crippen LogP contribution in [0.4, 0.5) is 0 Å². The number of esters is 2. The summed E-state index contributed by atoms with van der Waals surface area (Å²) in [6.07, 6.45) is 1.77. The van der Waals surface area contributed by atoms with E-state index in [9.17, 15) is 14.4 Å². The molecule has 0 fully saturated rings. The minimum atomic E-state index is -0.881. The molecule has 5 rings (SSSR count). The molecular formula is C37H37IN2O9S. The van der Waals surface area contributed by atoms with E-state index < -0.39 is 18.0 Å². The Balaban J connectivity index is 1.58. The van der Waals surface area contributed by atoms with E-state index in [2.05, 4.69) is 33.6 Å². The van der Waals surface area contributed by atoms with E-state index in [1.807, 2.05) is 44.2 Å². The molecule has 13 heteroatoms. The SMILES string of the molecule is CCOC(=O)C1=C(C)N=c2s/c(=C\c3cc(I)c(OCc4cccc(C)c4)c(OC)c3)c(=O)n2[C@H]1c1ccc(OCC(=O)OC)c(OCC)c1. The number of thiazole rings is 1. The fourth-order valence-corrected chi connectivity index (χ4v) is 7.28. The highest BCUT2D eigenvalue weighted by Gasteiger charge is 2.34. The Hall–Kier alpha value is -4.63. The number of aryl methyl sites for hydroxylation is 1. The minimum absolute atomic E-state index is 0.141. The van der Waals surface area contributed by atoms with Crippen LogP contribution < -0.4 is 33.8 Å². The maximum absolute atomic E-state index is 14.3. The average Bonchev–Trinajstić information content (AvgIpc) is 3.39. The summed E-state index contributed by atoms with van der Waals surface area (Å²) in [5.41, 5.74) is 3.79. The molecule has 1 aliphatic heterocycles. The first-order chi connectivity index (χ1) is 24.1. The van der Waals surface area contributed by atoms with Gasteiger partial charge in [0, 0.05) is 0 Å². The van der Waals surface area contributed by atoms with Gasteiger partial charge in [0.25, 0.3) is 5.56 Å². The molecule has 11 nitrogen and oxygen atoms in total. The van der Waals surface area contributed by atoms with Crippen molar-refractivity contribution < 1.29 is 38.0 Å². The van der Waals surface area contributed by atoms with Crippen molar-refractivity contribution in [3.8, 4) is 23.0 Å². The zero-order valence-corrected chi connectivity index (χ0v) is 31.5. The highest BCUT2D eigenvalue weighted by atomic mass is 127. The molecule has 1 aliphatic rings. The summed E-state index contributed by atoms with van der Waals surface area (Å²) in [6, 6.07) is 16.0. The number of hydrogen-bond donors (Lipinski definition) is 0. The maximum atomic E-state index is 14.3. The van der Waals surface area contributed by atoms with Crippen molar-refractivity contribution in [3.63, 3.8) is 0 Å². The van der Waals surface area contributed by atoms with Gasteiger partial charge < -0.3 is 28.4 Å². The van der Waals surface area contributed by atoms with Crippen molar-refractivity contribution in [3.05, 3.63) is 111 Å². The van der Waals surface area contributed by atoms with Crippen molar-refractivity contribution in [2.75, 3.05) is 34.0 Å².